The highest BCUT2D eigenvalue weighted by Crippen LogP contribution is 2.44. The number of fused-ring (bicyclic) bond motifs is 1. The van der Waals surface area contributed by atoms with Crippen molar-refractivity contribution in [3.05, 3.63) is 101 Å². The van der Waals surface area contributed by atoms with E-state index in [0.717, 1.165) is 23.8 Å². The molecule has 14 heteroatoms. The summed E-state index contributed by atoms with van der Waals surface area (Å²) in [5.41, 5.74) is -1.64. The number of nitrogens with one attached hydrogen (secondary N) is 1. The van der Waals surface area contributed by atoms with Gasteiger partial charge < -0.3 is 5.32 Å². The Morgan fingerprint density at radius 1 is 1.00 bits per heavy atom. The second-order valence-corrected chi connectivity index (χ2v) is 8.85. The Morgan fingerprint density at radius 3 is 2.44 bits per heavy atom. The molecule has 39 heavy (non-hydrogen) atoms. The van der Waals surface area contributed by atoms with Crippen molar-refractivity contribution in [1.29, 1.82) is 0 Å². The largest absolute Gasteiger partial charge is 0.459 e. The number of aromatic nitrogens is 5. The molecule has 7 nitrogen and oxygen atoms in total. The fourth-order valence-corrected chi connectivity index (χ4v) is 3.97. The van der Waals surface area contributed by atoms with Gasteiger partial charge in [0.1, 0.15) is 11.5 Å². The summed E-state index contributed by atoms with van der Waals surface area (Å²) in [4.78, 5) is 16.9. The molecule has 2 aromatic carbocycles. The lowest BCUT2D eigenvalue weighted by molar-refractivity contribution is -0.291. The SMILES string of the molecule is O=C(Nc1cnn(Cc2cccc(Cl)c2)c1)c1cc2nc(-c3ccc(F)cc3)cc(C(F)(F)C(F)(F)F)n2n1. The molecule has 3 aromatic heterocycles. The van der Waals surface area contributed by atoms with E-state index in [1.807, 2.05) is 6.07 Å². The number of anilines is 1. The number of carbonyl (C=O) groups excluding carboxylic acids is 1. The molecule has 0 aliphatic rings. The average Bonchev–Trinajstić information content (AvgIpc) is 3.50. The Bertz CT molecular complexity index is 1680. The fourth-order valence-electron chi connectivity index (χ4n) is 3.75. The molecule has 1 amide bonds. The molecular formula is C25H15ClF6N6O. The second kappa shape index (κ2) is 9.73. The summed E-state index contributed by atoms with van der Waals surface area (Å²) in [6.07, 6.45) is -3.15. The zero-order valence-corrected chi connectivity index (χ0v) is 20.2. The number of amides is 1. The Hall–Kier alpha value is -4.39. The summed E-state index contributed by atoms with van der Waals surface area (Å²) in [5.74, 6) is -6.88. The van der Waals surface area contributed by atoms with Crippen LogP contribution in [0.15, 0.2) is 73.1 Å². The summed E-state index contributed by atoms with van der Waals surface area (Å²) in [7, 11) is 0. The van der Waals surface area contributed by atoms with E-state index in [9.17, 15) is 31.1 Å². The Balaban J connectivity index is 1.48. The van der Waals surface area contributed by atoms with Crippen LogP contribution in [-0.2, 0) is 12.5 Å². The summed E-state index contributed by atoms with van der Waals surface area (Å²) in [6, 6.07) is 12.9. The first kappa shape index (κ1) is 26.2. The standard InChI is InChI=1S/C25H15ClF6N6O/c26-16-3-1-2-14(8-16)12-37-13-18(11-33-37)34-23(39)20-10-22-35-19(15-4-6-17(27)7-5-15)9-21(38(22)36-20)24(28,29)25(30,31)32/h1-11,13H,12H2,(H,34,39). The molecule has 5 aromatic rings. The van der Waals surface area contributed by atoms with Crippen LogP contribution in [0.25, 0.3) is 16.9 Å². The lowest BCUT2D eigenvalue weighted by Gasteiger charge is -2.21. The third-order valence-electron chi connectivity index (χ3n) is 5.60. The van der Waals surface area contributed by atoms with Gasteiger partial charge in [-0.15, -0.1) is 0 Å². The van der Waals surface area contributed by atoms with Gasteiger partial charge in [-0.05, 0) is 48.0 Å². The summed E-state index contributed by atoms with van der Waals surface area (Å²) >= 11 is 5.98. The summed E-state index contributed by atoms with van der Waals surface area (Å²) in [6.45, 7) is 0.330. The van der Waals surface area contributed by atoms with Crippen LogP contribution in [0.3, 0.4) is 0 Å². The molecule has 0 saturated heterocycles. The van der Waals surface area contributed by atoms with E-state index in [1.54, 1.807) is 18.2 Å². The Morgan fingerprint density at radius 2 is 1.74 bits per heavy atom. The molecular weight excluding hydrogens is 550 g/mol. The third kappa shape index (κ3) is 5.30. The lowest BCUT2D eigenvalue weighted by atomic mass is 10.1. The molecule has 0 radical (unpaired) electrons. The van der Waals surface area contributed by atoms with Gasteiger partial charge in [0, 0.05) is 22.8 Å². The van der Waals surface area contributed by atoms with Gasteiger partial charge in [0.2, 0.25) is 0 Å². The second-order valence-electron chi connectivity index (χ2n) is 8.42. The molecule has 0 aliphatic carbocycles. The minimum Gasteiger partial charge on any atom is -0.318 e. The molecule has 0 bridgehead atoms. The molecule has 5 rings (SSSR count). The van der Waals surface area contributed by atoms with Gasteiger partial charge >= 0.3 is 12.1 Å². The smallest absolute Gasteiger partial charge is 0.318 e. The van der Waals surface area contributed by atoms with Gasteiger partial charge in [-0.3, -0.25) is 9.48 Å². The Labute approximate surface area is 220 Å². The average molecular weight is 565 g/mol. The van der Waals surface area contributed by atoms with Crippen molar-refractivity contribution in [2.24, 2.45) is 0 Å². The summed E-state index contributed by atoms with van der Waals surface area (Å²) < 4.78 is 84.1. The number of rotatable bonds is 6. The van der Waals surface area contributed by atoms with Crippen molar-refractivity contribution in [2.45, 2.75) is 18.6 Å². The maximum atomic E-state index is 14.5. The highest BCUT2D eigenvalue weighted by molar-refractivity contribution is 6.30. The molecule has 0 saturated carbocycles. The minimum atomic E-state index is -5.96. The van der Waals surface area contributed by atoms with E-state index in [2.05, 4.69) is 20.5 Å². The predicted molar refractivity (Wildman–Crippen MR) is 129 cm³/mol. The number of hydrogen-bond donors (Lipinski definition) is 1. The van der Waals surface area contributed by atoms with Crippen LogP contribution in [0.4, 0.5) is 32.0 Å². The number of alkyl halides is 5. The maximum Gasteiger partial charge on any atom is 0.459 e. The van der Waals surface area contributed by atoms with Crippen LogP contribution in [0.1, 0.15) is 21.7 Å². The molecule has 0 spiro atoms. The first-order valence-electron chi connectivity index (χ1n) is 11.1. The number of carbonyl (C=O) groups is 1. The van der Waals surface area contributed by atoms with E-state index >= 15 is 0 Å². The third-order valence-corrected chi connectivity index (χ3v) is 5.84. The monoisotopic (exact) mass is 564 g/mol. The highest BCUT2D eigenvalue weighted by Gasteiger charge is 2.60. The number of halogens is 7. The molecule has 0 fully saturated rings. The van der Waals surface area contributed by atoms with Gasteiger partial charge in [0.25, 0.3) is 5.91 Å². The van der Waals surface area contributed by atoms with Crippen molar-refractivity contribution in [3.8, 4) is 11.3 Å². The summed E-state index contributed by atoms with van der Waals surface area (Å²) in [5, 5.41) is 10.8. The molecule has 0 unspecified atom stereocenters. The molecule has 0 atom stereocenters. The number of benzene rings is 2. The number of hydrogen-bond acceptors (Lipinski definition) is 4. The van der Waals surface area contributed by atoms with Crippen molar-refractivity contribution >= 4 is 28.8 Å². The first-order chi connectivity index (χ1) is 18.4. The van der Waals surface area contributed by atoms with Gasteiger partial charge in [-0.25, -0.2) is 13.9 Å². The lowest BCUT2D eigenvalue weighted by Crippen LogP contribution is -2.36. The van der Waals surface area contributed by atoms with Crippen molar-refractivity contribution in [1.82, 2.24) is 24.4 Å². The molecule has 200 valence electrons. The molecule has 3 heterocycles. The topological polar surface area (TPSA) is 77.1 Å². The normalized spacial score (nSPS) is 12.2. The van der Waals surface area contributed by atoms with Gasteiger partial charge in [0.05, 0.1) is 24.1 Å². The molecule has 0 aliphatic heterocycles. The van der Waals surface area contributed by atoms with Gasteiger partial charge in [-0.2, -0.15) is 32.1 Å². The van der Waals surface area contributed by atoms with Crippen LogP contribution in [0, 0.1) is 5.82 Å². The van der Waals surface area contributed by atoms with Gasteiger partial charge in [0.15, 0.2) is 11.3 Å². The molecule has 1 N–H and O–H groups in total. The van der Waals surface area contributed by atoms with Crippen LogP contribution < -0.4 is 5.32 Å². The van der Waals surface area contributed by atoms with E-state index in [4.69, 9.17) is 11.6 Å². The predicted octanol–water partition coefficient (Wildman–Crippen LogP) is 6.34. The maximum absolute atomic E-state index is 14.5. The highest BCUT2D eigenvalue weighted by atomic mass is 35.5. The Kier molecular flexibility index (Phi) is 6.54. The van der Waals surface area contributed by atoms with Crippen molar-refractivity contribution in [3.63, 3.8) is 0 Å². The zero-order valence-electron chi connectivity index (χ0n) is 19.4. The van der Waals surface area contributed by atoms with Crippen molar-refractivity contribution in [2.75, 3.05) is 5.32 Å². The fraction of sp³-hybridized carbons (Fsp3) is 0.120. The van der Waals surface area contributed by atoms with Gasteiger partial charge in [-0.1, -0.05) is 23.7 Å². The van der Waals surface area contributed by atoms with Crippen LogP contribution >= 0.6 is 11.6 Å². The van der Waals surface area contributed by atoms with Crippen LogP contribution in [0.5, 0.6) is 0 Å². The van der Waals surface area contributed by atoms with Crippen LogP contribution in [-0.4, -0.2) is 36.5 Å². The minimum absolute atomic E-state index is 0.0810. The number of nitrogens with zero attached hydrogens (tertiary/aromatic N) is 5. The van der Waals surface area contributed by atoms with Crippen molar-refractivity contribution < 1.29 is 31.1 Å². The van der Waals surface area contributed by atoms with E-state index < -0.39 is 40.9 Å². The zero-order chi connectivity index (χ0) is 27.9. The van der Waals surface area contributed by atoms with E-state index in [0.29, 0.717) is 17.6 Å². The van der Waals surface area contributed by atoms with Crippen LogP contribution in [0.2, 0.25) is 5.02 Å². The van der Waals surface area contributed by atoms with E-state index in [-0.39, 0.29) is 21.5 Å². The van der Waals surface area contributed by atoms with E-state index in [1.165, 1.54) is 29.2 Å². The first-order valence-corrected chi connectivity index (χ1v) is 11.5. The quantitative estimate of drug-likeness (QED) is 0.244.